The van der Waals surface area contributed by atoms with Crippen molar-refractivity contribution in [2.24, 2.45) is 0 Å². The van der Waals surface area contributed by atoms with Crippen LogP contribution in [0.3, 0.4) is 0 Å². The summed E-state index contributed by atoms with van der Waals surface area (Å²) in [6.07, 6.45) is 2.29. The third kappa shape index (κ3) is 3.94. The number of rotatable bonds is 5. The predicted molar refractivity (Wildman–Crippen MR) is 113 cm³/mol. The van der Waals surface area contributed by atoms with Crippen molar-refractivity contribution in [1.29, 1.82) is 0 Å². The molecular formula is C23H25N3O2. The van der Waals surface area contributed by atoms with Gasteiger partial charge in [-0.15, -0.1) is 0 Å². The zero-order valence-electron chi connectivity index (χ0n) is 16.0. The highest BCUT2D eigenvalue weighted by Gasteiger charge is 2.16. The van der Waals surface area contributed by atoms with Crippen LogP contribution in [0.5, 0.6) is 11.5 Å². The molecule has 1 aliphatic rings. The fraction of sp³-hybridized carbons (Fsp3) is 0.261. The second kappa shape index (κ2) is 8.31. The fourth-order valence-corrected chi connectivity index (χ4v) is 3.53. The van der Waals surface area contributed by atoms with Crippen molar-refractivity contribution >= 4 is 5.69 Å². The third-order valence-corrected chi connectivity index (χ3v) is 5.02. The molecule has 0 radical (unpaired) electrons. The number of nitrogens with two attached hydrogens (primary N) is 1. The van der Waals surface area contributed by atoms with E-state index in [0.717, 1.165) is 59.9 Å². The molecular weight excluding hydrogens is 350 g/mol. The van der Waals surface area contributed by atoms with Crippen molar-refractivity contribution in [3.8, 4) is 34.0 Å². The van der Waals surface area contributed by atoms with Gasteiger partial charge in [-0.2, -0.15) is 0 Å². The van der Waals surface area contributed by atoms with E-state index in [4.69, 9.17) is 20.2 Å². The molecule has 0 amide bonds. The minimum Gasteiger partial charge on any atom is -0.496 e. The van der Waals surface area contributed by atoms with Crippen LogP contribution in [-0.4, -0.2) is 31.3 Å². The zero-order valence-corrected chi connectivity index (χ0v) is 16.0. The molecule has 0 saturated carbocycles. The average Bonchev–Trinajstić information content (AvgIpc) is 2.75. The quantitative estimate of drug-likeness (QED) is 0.656. The molecule has 1 aliphatic heterocycles. The Morgan fingerprint density at radius 3 is 2.43 bits per heavy atom. The van der Waals surface area contributed by atoms with Crippen molar-refractivity contribution in [2.75, 3.05) is 25.9 Å². The topological polar surface area (TPSA) is 69.4 Å². The van der Waals surface area contributed by atoms with Crippen LogP contribution in [0.1, 0.15) is 12.8 Å². The van der Waals surface area contributed by atoms with Gasteiger partial charge < -0.3 is 20.5 Å². The number of hydrogen-bond donors (Lipinski definition) is 2. The summed E-state index contributed by atoms with van der Waals surface area (Å²) in [6.45, 7) is 2.00. The van der Waals surface area contributed by atoms with E-state index < -0.39 is 0 Å². The highest BCUT2D eigenvalue weighted by atomic mass is 16.5. The molecule has 0 bridgehead atoms. The lowest BCUT2D eigenvalue weighted by molar-refractivity contribution is 0.162. The zero-order chi connectivity index (χ0) is 19.3. The first-order chi connectivity index (χ1) is 13.7. The number of nitrogens with one attached hydrogen (secondary N) is 1. The van der Waals surface area contributed by atoms with E-state index in [1.54, 1.807) is 7.11 Å². The van der Waals surface area contributed by atoms with Gasteiger partial charge in [0, 0.05) is 22.9 Å². The number of para-hydroxylation sites is 1. The molecule has 144 valence electrons. The smallest absolute Gasteiger partial charge is 0.131 e. The molecule has 0 aliphatic carbocycles. The average molecular weight is 375 g/mol. The molecule has 1 fully saturated rings. The first-order valence-corrected chi connectivity index (χ1v) is 9.62. The van der Waals surface area contributed by atoms with Gasteiger partial charge in [0.05, 0.1) is 18.5 Å². The third-order valence-electron chi connectivity index (χ3n) is 5.02. The lowest BCUT2D eigenvalue weighted by Gasteiger charge is -2.24. The maximum Gasteiger partial charge on any atom is 0.131 e. The van der Waals surface area contributed by atoms with Gasteiger partial charge in [0.15, 0.2) is 0 Å². The fourth-order valence-electron chi connectivity index (χ4n) is 3.53. The first kappa shape index (κ1) is 18.3. The number of nitrogens with zero attached hydrogens (tertiary/aromatic N) is 1. The maximum atomic E-state index is 6.14. The first-order valence-electron chi connectivity index (χ1n) is 9.62. The molecule has 4 rings (SSSR count). The number of nitrogen functional groups attached to an aromatic ring is 1. The number of pyridine rings is 1. The van der Waals surface area contributed by atoms with E-state index in [2.05, 4.69) is 5.32 Å². The predicted octanol–water partition coefficient (Wildman–Crippen LogP) is 4.14. The maximum absolute atomic E-state index is 6.14. The van der Waals surface area contributed by atoms with Crippen LogP contribution < -0.4 is 20.5 Å². The van der Waals surface area contributed by atoms with E-state index in [1.165, 1.54) is 0 Å². The monoisotopic (exact) mass is 375 g/mol. The number of hydrogen-bond acceptors (Lipinski definition) is 5. The molecule has 0 unspecified atom stereocenters. The second-order valence-corrected chi connectivity index (χ2v) is 6.92. The van der Waals surface area contributed by atoms with Gasteiger partial charge in [-0.3, -0.25) is 0 Å². The van der Waals surface area contributed by atoms with E-state index in [9.17, 15) is 0 Å². The Bertz CT molecular complexity index is 952. The largest absolute Gasteiger partial charge is 0.496 e. The van der Waals surface area contributed by atoms with Crippen LogP contribution in [0, 0.1) is 0 Å². The van der Waals surface area contributed by atoms with Crippen molar-refractivity contribution in [3.05, 3.63) is 60.7 Å². The number of anilines is 1. The molecule has 5 heteroatoms. The van der Waals surface area contributed by atoms with Gasteiger partial charge in [-0.1, -0.05) is 24.3 Å². The number of benzene rings is 2. The van der Waals surface area contributed by atoms with Gasteiger partial charge in [-0.05, 0) is 56.3 Å². The molecule has 2 aromatic carbocycles. The van der Waals surface area contributed by atoms with Gasteiger partial charge in [-0.25, -0.2) is 4.98 Å². The molecule has 0 atom stereocenters. The summed E-state index contributed by atoms with van der Waals surface area (Å²) < 4.78 is 11.8. The van der Waals surface area contributed by atoms with Crippen LogP contribution in [0.25, 0.3) is 22.5 Å². The highest BCUT2D eigenvalue weighted by Crippen LogP contribution is 2.34. The van der Waals surface area contributed by atoms with E-state index in [0.29, 0.717) is 5.69 Å². The Balaban J connectivity index is 1.63. The molecule has 3 N–H and O–H groups in total. The summed E-state index contributed by atoms with van der Waals surface area (Å²) in [5.74, 6) is 1.58. The summed E-state index contributed by atoms with van der Waals surface area (Å²) in [5.41, 5.74) is 10.4. The number of piperidine rings is 1. The lowest BCUT2D eigenvalue weighted by Crippen LogP contribution is -2.34. The van der Waals surface area contributed by atoms with Crippen molar-refractivity contribution in [2.45, 2.75) is 18.9 Å². The van der Waals surface area contributed by atoms with Crippen molar-refractivity contribution in [1.82, 2.24) is 10.3 Å². The van der Waals surface area contributed by atoms with E-state index in [1.807, 2.05) is 60.7 Å². The summed E-state index contributed by atoms with van der Waals surface area (Å²) in [5, 5.41) is 3.35. The van der Waals surface area contributed by atoms with E-state index >= 15 is 0 Å². The Morgan fingerprint density at radius 2 is 1.68 bits per heavy atom. The minimum absolute atomic E-state index is 0.249. The number of aromatic nitrogens is 1. The Kier molecular flexibility index (Phi) is 5.44. The standard InChI is InChI=1S/C23H25N3O2/c1-27-23-15-17(28-16-11-13-25-14-12-16)9-10-19(23)22-8-4-7-21(26-22)18-5-2-3-6-20(18)24/h2-10,15-16,25H,11-14,24H2,1H3. The highest BCUT2D eigenvalue weighted by molar-refractivity contribution is 5.76. The Labute approximate surface area is 165 Å². The summed E-state index contributed by atoms with van der Waals surface area (Å²) in [6, 6.07) is 19.6. The Morgan fingerprint density at radius 1 is 0.929 bits per heavy atom. The lowest BCUT2D eigenvalue weighted by atomic mass is 10.1. The SMILES string of the molecule is COc1cc(OC2CCNCC2)ccc1-c1cccc(-c2ccccc2N)n1. The normalized spacial score (nSPS) is 14.6. The number of ether oxygens (including phenoxy) is 2. The van der Waals surface area contributed by atoms with Crippen molar-refractivity contribution in [3.63, 3.8) is 0 Å². The Hall–Kier alpha value is -3.05. The molecule has 1 saturated heterocycles. The van der Waals surface area contributed by atoms with Gasteiger partial charge in [0.1, 0.15) is 17.6 Å². The minimum atomic E-state index is 0.249. The molecule has 28 heavy (non-hydrogen) atoms. The molecule has 0 spiro atoms. The van der Waals surface area contributed by atoms with Crippen LogP contribution >= 0.6 is 0 Å². The van der Waals surface area contributed by atoms with Gasteiger partial charge >= 0.3 is 0 Å². The summed E-state index contributed by atoms with van der Waals surface area (Å²) in [7, 11) is 1.67. The molecule has 2 heterocycles. The van der Waals surface area contributed by atoms with Crippen LogP contribution in [-0.2, 0) is 0 Å². The van der Waals surface area contributed by atoms with Gasteiger partial charge in [0.2, 0.25) is 0 Å². The van der Waals surface area contributed by atoms with E-state index in [-0.39, 0.29) is 6.10 Å². The van der Waals surface area contributed by atoms with Crippen molar-refractivity contribution < 1.29 is 9.47 Å². The van der Waals surface area contributed by atoms with Crippen LogP contribution in [0.2, 0.25) is 0 Å². The molecule has 1 aromatic heterocycles. The van der Waals surface area contributed by atoms with Crippen LogP contribution in [0.4, 0.5) is 5.69 Å². The van der Waals surface area contributed by atoms with Gasteiger partial charge in [0.25, 0.3) is 0 Å². The second-order valence-electron chi connectivity index (χ2n) is 6.92. The van der Waals surface area contributed by atoms with Crippen LogP contribution in [0.15, 0.2) is 60.7 Å². The molecule has 5 nitrogen and oxygen atoms in total. The summed E-state index contributed by atoms with van der Waals surface area (Å²) in [4.78, 5) is 4.82. The number of methoxy groups -OCH3 is 1. The summed E-state index contributed by atoms with van der Waals surface area (Å²) >= 11 is 0. The molecule has 3 aromatic rings.